The van der Waals surface area contributed by atoms with Gasteiger partial charge in [-0.1, -0.05) is 6.08 Å². The molecule has 0 spiro atoms. The predicted octanol–water partition coefficient (Wildman–Crippen LogP) is -0.414. The molecule has 1 saturated heterocycles. The molecule has 1 fully saturated rings. The Kier molecular flexibility index (Phi) is 1.84. The molecular weight excluding hydrogens is 140 g/mol. The number of aliphatic hydroxyl groups is 1. The van der Waals surface area contributed by atoms with E-state index in [1.165, 1.54) is 5.70 Å². The highest BCUT2D eigenvalue weighted by molar-refractivity contribution is 5.16. The number of rotatable bonds is 0. The van der Waals surface area contributed by atoms with Crippen molar-refractivity contribution in [2.75, 3.05) is 13.1 Å². The van der Waals surface area contributed by atoms with Crippen LogP contribution in [0, 0.1) is 0 Å². The largest absolute Gasteiger partial charge is 0.391 e. The van der Waals surface area contributed by atoms with Gasteiger partial charge in [-0.15, -0.1) is 0 Å². The Labute approximate surface area is 66.5 Å². The molecule has 2 rings (SSSR count). The summed E-state index contributed by atoms with van der Waals surface area (Å²) in [4.78, 5) is 0. The topological polar surface area (TPSA) is 44.3 Å². The Balaban J connectivity index is 2.13. The molecule has 0 aromatic carbocycles. The number of aliphatic hydroxyl groups excluding tert-OH is 1. The molecule has 1 aliphatic heterocycles. The lowest BCUT2D eigenvalue weighted by Crippen LogP contribution is -2.53. The summed E-state index contributed by atoms with van der Waals surface area (Å²) in [5, 5.41) is 16.1. The molecular formula is C8H14N2O. The van der Waals surface area contributed by atoms with Crippen molar-refractivity contribution in [2.45, 2.75) is 25.0 Å². The van der Waals surface area contributed by atoms with Crippen molar-refractivity contribution in [3.05, 3.63) is 11.8 Å². The fourth-order valence-corrected chi connectivity index (χ4v) is 1.77. The third-order valence-corrected chi connectivity index (χ3v) is 2.36. The van der Waals surface area contributed by atoms with Crippen LogP contribution in [0.3, 0.4) is 0 Å². The molecule has 2 aliphatic rings. The van der Waals surface area contributed by atoms with E-state index < -0.39 is 0 Å². The summed E-state index contributed by atoms with van der Waals surface area (Å²) in [7, 11) is 0. The van der Waals surface area contributed by atoms with Gasteiger partial charge in [0.05, 0.1) is 12.1 Å². The number of piperazine rings is 1. The highest BCUT2D eigenvalue weighted by atomic mass is 16.3. The van der Waals surface area contributed by atoms with Gasteiger partial charge in [0.15, 0.2) is 0 Å². The van der Waals surface area contributed by atoms with Crippen LogP contribution in [0.2, 0.25) is 0 Å². The van der Waals surface area contributed by atoms with Gasteiger partial charge < -0.3 is 15.7 Å². The number of hydrogen-bond donors (Lipinski definition) is 3. The summed E-state index contributed by atoms with van der Waals surface area (Å²) in [5.41, 5.74) is 1.19. The van der Waals surface area contributed by atoms with Crippen LogP contribution >= 0.6 is 0 Å². The molecule has 0 saturated carbocycles. The summed E-state index contributed by atoms with van der Waals surface area (Å²) in [6.45, 7) is 1.94. The minimum Gasteiger partial charge on any atom is -0.391 e. The van der Waals surface area contributed by atoms with Crippen molar-refractivity contribution in [2.24, 2.45) is 0 Å². The molecule has 1 aliphatic carbocycles. The third-order valence-electron chi connectivity index (χ3n) is 2.36. The van der Waals surface area contributed by atoms with E-state index in [1.54, 1.807) is 0 Å². The molecule has 2 atom stereocenters. The zero-order valence-corrected chi connectivity index (χ0v) is 6.51. The zero-order chi connectivity index (χ0) is 7.68. The first-order chi connectivity index (χ1) is 5.38. The van der Waals surface area contributed by atoms with Gasteiger partial charge in [-0.25, -0.2) is 0 Å². The minimum absolute atomic E-state index is 0.178. The summed E-state index contributed by atoms with van der Waals surface area (Å²) >= 11 is 0. The van der Waals surface area contributed by atoms with Gasteiger partial charge in [-0.2, -0.15) is 0 Å². The number of allylic oxidation sites excluding steroid dienone is 1. The molecule has 0 bridgehead atoms. The fourth-order valence-electron chi connectivity index (χ4n) is 1.77. The van der Waals surface area contributed by atoms with E-state index in [1.807, 2.05) is 0 Å². The maximum Gasteiger partial charge on any atom is 0.0752 e. The average molecular weight is 154 g/mol. The fraction of sp³-hybridized carbons (Fsp3) is 0.750. The molecule has 1 heterocycles. The Hall–Kier alpha value is -0.540. The standard InChI is InChI=1S/C8H14N2O/c11-7-3-1-2-6-8(7)10-5-4-9-6/h2,7-11H,1,3-5H2. The quantitative estimate of drug-likeness (QED) is 0.444. The first kappa shape index (κ1) is 7.13. The average Bonchev–Trinajstić information content (AvgIpc) is 2.06. The number of fused-ring (bicyclic) bond motifs is 1. The van der Waals surface area contributed by atoms with Crippen LogP contribution in [0.1, 0.15) is 12.8 Å². The molecule has 62 valence electrons. The summed E-state index contributed by atoms with van der Waals surface area (Å²) < 4.78 is 0. The van der Waals surface area contributed by atoms with Crippen LogP contribution in [0.15, 0.2) is 11.8 Å². The summed E-state index contributed by atoms with van der Waals surface area (Å²) in [6, 6.07) is 0.178. The molecule has 11 heavy (non-hydrogen) atoms. The monoisotopic (exact) mass is 154 g/mol. The number of hydrogen-bond acceptors (Lipinski definition) is 3. The lowest BCUT2D eigenvalue weighted by atomic mass is 9.95. The second-order valence-corrected chi connectivity index (χ2v) is 3.16. The van der Waals surface area contributed by atoms with E-state index in [0.29, 0.717) is 0 Å². The van der Waals surface area contributed by atoms with Crippen molar-refractivity contribution in [1.29, 1.82) is 0 Å². The maximum absolute atomic E-state index is 9.56. The predicted molar refractivity (Wildman–Crippen MR) is 43.1 cm³/mol. The SMILES string of the molecule is OC1CCC=C2NCCNC21. The van der Waals surface area contributed by atoms with Gasteiger partial charge >= 0.3 is 0 Å². The van der Waals surface area contributed by atoms with Gasteiger partial charge in [0, 0.05) is 18.8 Å². The van der Waals surface area contributed by atoms with E-state index >= 15 is 0 Å². The van der Waals surface area contributed by atoms with E-state index in [9.17, 15) is 5.11 Å². The molecule has 3 nitrogen and oxygen atoms in total. The molecule has 0 radical (unpaired) electrons. The van der Waals surface area contributed by atoms with Crippen LogP contribution in [0.4, 0.5) is 0 Å². The highest BCUT2D eigenvalue weighted by Gasteiger charge is 2.27. The van der Waals surface area contributed by atoms with Crippen molar-refractivity contribution in [1.82, 2.24) is 10.6 Å². The lowest BCUT2D eigenvalue weighted by Gasteiger charge is -2.34. The number of nitrogens with one attached hydrogen (secondary N) is 2. The van der Waals surface area contributed by atoms with Crippen LogP contribution in [-0.2, 0) is 0 Å². The maximum atomic E-state index is 9.56. The van der Waals surface area contributed by atoms with Gasteiger partial charge in [0.2, 0.25) is 0 Å². The van der Waals surface area contributed by atoms with Crippen LogP contribution < -0.4 is 10.6 Å². The smallest absolute Gasteiger partial charge is 0.0752 e. The molecule has 0 amide bonds. The lowest BCUT2D eigenvalue weighted by molar-refractivity contribution is 0.118. The normalized spacial score (nSPS) is 37.0. The highest BCUT2D eigenvalue weighted by Crippen LogP contribution is 2.18. The Bertz CT molecular complexity index is 179. The van der Waals surface area contributed by atoms with Crippen molar-refractivity contribution in [3.63, 3.8) is 0 Å². The summed E-state index contributed by atoms with van der Waals surface area (Å²) in [6.07, 6.45) is 3.89. The first-order valence-corrected chi connectivity index (χ1v) is 4.23. The van der Waals surface area contributed by atoms with Crippen LogP contribution in [0.5, 0.6) is 0 Å². The van der Waals surface area contributed by atoms with E-state index in [0.717, 1.165) is 25.9 Å². The van der Waals surface area contributed by atoms with Gasteiger partial charge in [0.25, 0.3) is 0 Å². The Morgan fingerprint density at radius 1 is 1.45 bits per heavy atom. The van der Waals surface area contributed by atoms with Crippen molar-refractivity contribution >= 4 is 0 Å². The molecule has 0 aromatic rings. The molecule has 3 N–H and O–H groups in total. The van der Waals surface area contributed by atoms with E-state index in [-0.39, 0.29) is 12.1 Å². The van der Waals surface area contributed by atoms with E-state index in [2.05, 4.69) is 16.7 Å². The van der Waals surface area contributed by atoms with Gasteiger partial charge in [-0.05, 0) is 12.8 Å². The third kappa shape index (κ3) is 1.26. The molecule has 2 unspecified atom stereocenters. The van der Waals surface area contributed by atoms with E-state index in [4.69, 9.17) is 0 Å². The first-order valence-electron chi connectivity index (χ1n) is 4.23. The Morgan fingerprint density at radius 2 is 2.36 bits per heavy atom. The van der Waals surface area contributed by atoms with Crippen LogP contribution in [0.25, 0.3) is 0 Å². The second kappa shape index (κ2) is 2.83. The van der Waals surface area contributed by atoms with Gasteiger partial charge in [0.1, 0.15) is 0 Å². The Morgan fingerprint density at radius 3 is 3.18 bits per heavy atom. The minimum atomic E-state index is -0.192. The summed E-state index contributed by atoms with van der Waals surface area (Å²) in [5.74, 6) is 0. The molecule has 3 heteroatoms. The second-order valence-electron chi connectivity index (χ2n) is 3.16. The van der Waals surface area contributed by atoms with Crippen molar-refractivity contribution in [3.8, 4) is 0 Å². The van der Waals surface area contributed by atoms with Crippen molar-refractivity contribution < 1.29 is 5.11 Å². The van der Waals surface area contributed by atoms with Gasteiger partial charge in [-0.3, -0.25) is 0 Å². The zero-order valence-electron chi connectivity index (χ0n) is 6.51. The van der Waals surface area contributed by atoms with Crippen LogP contribution in [-0.4, -0.2) is 30.3 Å². The molecule has 0 aromatic heterocycles.